The van der Waals surface area contributed by atoms with Crippen molar-refractivity contribution in [1.82, 2.24) is 10.6 Å². The highest BCUT2D eigenvalue weighted by Gasteiger charge is 2.17. The minimum Gasteiger partial charge on any atom is -0.346 e. The molecule has 5 N–H and O–H groups in total. The first kappa shape index (κ1) is 20.6. The number of carbonyl (C=O) groups is 3. The van der Waals surface area contributed by atoms with Crippen LogP contribution in [0, 0.1) is 26.7 Å². The molecule has 0 aromatic heterocycles. The van der Waals surface area contributed by atoms with Crippen LogP contribution in [0.25, 0.3) is 0 Å². The van der Waals surface area contributed by atoms with Crippen LogP contribution >= 0.6 is 0 Å². The van der Waals surface area contributed by atoms with Crippen molar-refractivity contribution in [2.45, 2.75) is 40.7 Å². The Labute approximate surface area is 148 Å². The SMILES string of the molecule is Cc1cc(C)c(NC(=O)CNC(=O)CNC(=O)[C@@H](N)C(C)C)c(C)c1. The highest BCUT2D eigenvalue weighted by Crippen LogP contribution is 2.21. The summed E-state index contributed by atoms with van der Waals surface area (Å²) in [6, 6.07) is 3.30. The molecule has 0 saturated heterocycles. The van der Waals surface area contributed by atoms with Gasteiger partial charge in [-0.15, -0.1) is 0 Å². The van der Waals surface area contributed by atoms with Gasteiger partial charge in [-0.25, -0.2) is 0 Å². The van der Waals surface area contributed by atoms with Gasteiger partial charge in [0.05, 0.1) is 19.1 Å². The van der Waals surface area contributed by atoms with Gasteiger partial charge in [0, 0.05) is 5.69 Å². The van der Waals surface area contributed by atoms with E-state index >= 15 is 0 Å². The minimum atomic E-state index is -0.663. The van der Waals surface area contributed by atoms with Crippen molar-refractivity contribution in [1.29, 1.82) is 0 Å². The highest BCUT2D eigenvalue weighted by atomic mass is 16.2. The molecule has 1 rings (SSSR count). The Morgan fingerprint density at radius 3 is 2.00 bits per heavy atom. The lowest BCUT2D eigenvalue weighted by atomic mass is 10.1. The Morgan fingerprint density at radius 1 is 0.960 bits per heavy atom. The van der Waals surface area contributed by atoms with Crippen molar-refractivity contribution in [2.24, 2.45) is 11.7 Å². The zero-order valence-corrected chi connectivity index (χ0v) is 15.5. The van der Waals surface area contributed by atoms with Gasteiger partial charge in [-0.1, -0.05) is 31.5 Å². The molecule has 25 heavy (non-hydrogen) atoms. The zero-order chi connectivity index (χ0) is 19.1. The number of nitrogens with two attached hydrogens (primary N) is 1. The van der Waals surface area contributed by atoms with Gasteiger partial charge in [-0.3, -0.25) is 14.4 Å². The summed E-state index contributed by atoms with van der Waals surface area (Å²) in [4.78, 5) is 35.4. The average molecular weight is 348 g/mol. The standard InChI is InChI=1S/C18H28N4O3/c1-10(2)16(19)18(25)21-8-14(23)20-9-15(24)22-17-12(4)6-11(3)7-13(17)5/h6-7,10,16H,8-9,19H2,1-5H3,(H,20,23)(H,21,25)(H,22,24)/t16-/m0/s1. The monoisotopic (exact) mass is 348 g/mol. The number of hydrogen-bond donors (Lipinski definition) is 4. The van der Waals surface area contributed by atoms with E-state index in [0.29, 0.717) is 0 Å². The lowest BCUT2D eigenvalue weighted by Gasteiger charge is -2.15. The van der Waals surface area contributed by atoms with Crippen molar-refractivity contribution in [2.75, 3.05) is 18.4 Å². The van der Waals surface area contributed by atoms with Crippen LogP contribution in [0.3, 0.4) is 0 Å². The van der Waals surface area contributed by atoms with E-state index < -0.39 is 11.9 Å². The van der Waals surface area contributed by atoms with Crippen LogP contribution < -0.4 is 21.7 Å². The van der Waals surface area contributed by atoms with Crippen LogP contribution in [0.1, 0.15) is 30.5 Å². The van der Waals surface area contributed by atoms with Crippen LogP contribution in [0.5, 0.6) is 0 Å². The van der Waals surface area contributed by atoms with E-state index in [1.807, 2.05) is 46.8 Å². The molecule has 0 saturated carbocycles. The average Bonchev–Trinajstić information content (AvgIpc) is 2.53. The number of carbonyl (C=O) groups excluding carboxylic acids is 3. The summed E-state index contributed by atoms with van der Waals surface area (Å²) in [7, 11) is 0. The maximum Gasteiger partial charge on any atom is 0.243 e. The van der Waals surface area contributed by atoms with Gasteiger partial charge in [-0.05, 0) is 37.8 Å². The molecule has 0 radical (unpaired) electrons. The van der Waals surface area contributed by atoms with Crippen LogP contribution in [0.2, 0.25) is 0 Å². The number of anilines is 1. The quantitative estimate of drug-likeness (QED) is 0.583. The summed E-state index contributed by atoms with van der Waals surface area (Å²) < 4.78 is 0. The Kier molecular flexibility index (Phi) is 7.57. The first-order valence-electron chi connectivity index (χ1n) is 8.29. The molecule has 1 aromatic carbocycles. The number of aryl methyl sites for hydroxylation is 3. The summed E-state index contributed by atoms with van der Waals surface area (Å²) >= 11 is 0. The second-order valence-corrected chi connectivity index (χ2v) is 6.59. The molecule has 3 amide bonds. The number of hydrogen-bond acceptors (Lipinski definition) is 4. The van der Waals surface area contributed by atoms with Crippen LogP contribution in [0.4, 0.5) is 5.69 Å². The summed E-state index contributed by atoms with van der Waals surface area (Å²) in [5.41, 5.74) is 9.49. The van der Waals surface area contributed by atoms with E-state index in [9.17, 15) is 14.4 Å². The smallest absolute Gasteiger partial charge is 0.243 e. The molecule has 0 aliphatic carbocycles. The van der Waals surface area contributed by atoms with E-state index in [0.717, 1.165) is 22.4 Å². The van der Waals surface area contributed by atoms with E-state index in [-0.39, 0.29) is 30.8 Å². The maximum atomic E-state index is 12.0. The molecule has 0 aliphatic heterocycles. The molecule has 0 aliphatic rings. The summed E-state index contributed by atoms with van der Waals surface area (Å²) in [5, 5.41) is 7.72. The van der Waals surface area contributed by atoms with Crippen molar-refractivity contribution < 1.29 is 14.4 Å². The van der Waals surface area contributed by atoms with Crippen LogP contribution in [-0.4, -0.2) is 36.9 Å². The number of nitrogens with one attached hydrogen (secondary N) is 3. The Balaban J connectivity index is 2.44. The van der Waals surface area contributed by atoms with Crippen molar-refractivity contribution in [3.05, 3.63) is 28.8 Å². The number of amides is 3. The molecule has 0 spiro atoms. The molecular weight excluding hydrogens is 320 g/mol. The van der Waals surface area contributed by atoms with Gasteiger partial charge >= 0.3 is 0 Å². The Morgan fingerprint density at radius 2 is 1.48 bits per heavy atom. The van der Waals surface area contributed by atoms with Gasteiger partial charge < -0.3 is 21.7 Å². The van der Waals surface area contributed by atoms with E-state index in [4.69, 9.17) is 5.73 Å². The molecule has 7 heteroatoms. The van der Waals surface area contributed by atoms with Crippen molar-refractivity contribution in [3.63, 3.8) is 0 Å². The van der Waals surface area contributed by atoms with Gasteiger partial charge in [0.1, 0.15) is 0 Å². The summed E-state index contributed by atoms with van der Waals surface area (Å²) in [6.45, 7) is 9.09. The highest BCUT2D eigenvalue weighted by molar-refractivity contribution is 5.96. The largest absolute Gasteiger partial charge is 0.346 e. The second-order valence-electron chi connectivity index (χ2n) is 6.59. The van der Waals surface area contributed by atoms with Crippen molar-refractivity contribution >= 4 is 23.4 Å². The molecule has 0 unspecified atom stereocenters. The van der Waals surface area contributed by atoms with E-state index in [2.05, 4.69) is 16.0 Å². The first-order valence-corrected chi connectivity index (χ1v) is 8.29. The van der Waals surface area contributed by atoms with Gasteiger partial charge in [0.25, 0.3) is 0 Å². The number of rotatable bonds is 7. The maximum absolute atomic E-state index is 12.0. The first-order chi connectivity index (χ1) is 11.6. The van der Waals surface area contributed by atoms with Crippen LogP contribution in [0.15, 0.2) is 12.1 Å². The van der Waals surface area contributed by atoms with E-state index in [1.54, 1.807) is 0 Å². The molecule has 7 nitrogen and oxygen atoms in total. The predicted octanol–water partition coefficient (Wildman–Crippen LogP) is 0.766. The molecule has 0 fully saturated rings. The third-order valence-electron chi connectivity index (χ3n) is 3.83. The van der Waals surface area contributed by atoms with Gasteiger partial charge in [0.2, 0.25) is 17.7 Å². The Hall–Kier alpha value is -2.41. The third-order valence-corrected chi connectivity index (χ3v) is 3.83. The lowest BCUT2D eigenvalue weighted by molar-refractivity contribution is -0.127. The molecule has 1 atom stereocenters. The summed E-state index contributed by atoms with van der Waals surface area (Å²) in [5.74, 6) is -1.18. The molecule has 138 valence electrons. The fraction of sp³-hybridized carbons (Fsp3) is 0.500. The molecule has 1 aromatic rings. The fourth-order valence-electron chi connectivity index (χ4n) is 2.39. The second kappa shape index (κ2) is 9.17. The molecular formula is C18H28N4O3. The lowest BCUT2D eigenvalue weighted by Crippen LogP contribution is -2.47. The normalized spacial score (nSPS) is 11.8. The van der Waals surface area contributed by atoms with Crippen molar-refractivity contribution in [3.8, 4) is 0 Å². The van der Waals surface area contributed by atoms with E-state index in [1.165, 1.54) is 0 Å². The van der Waals surface area contributed by atoms with Gasteiger partial charge in [0.15, 0.2) is 0 Å². The zero-order valence-electron chi connectivity index (χ0n) is 15.5. The predicted molar refractivity (Wildman–Crippen MR) is 98.1 cm³/mol. The summed E-state index contributed by atoms with van der Waals surface area (Å²) in [6.07, 6.45) is 0. The van der Waals surface area contributed by atoms with Gasteiger partial charge in [-0.2, -0.15) is 0 Å². The number of benzene rings is 1. The fourth-order valence-corrected chi connectivity index (χ4v) is 2.39. The topological polar surface area (TPSA) is 113 Å². The third kappa shape index (κ3) is 6.54. The Bertz CT molecular complexity index is 633. The molecule has 0 heterocycles. The van der Waals surface area contributed by atoms with Crippen LogP contribution in [-0.2, 0) is 14.4 Å². The minimum absolute atomic E-state index is 0.0187. The molecule has 0 bridgehead atoms.